The van der Waals surface area contributed by atoms with Gasteiger partial charge in [-0.2, -0.15) is 0 Å². The lowest BCUT2D eigenvalue weighted by atomic mass is 10.2. The van der Waals surface area contributed by atoms with E-state index >= 15 is 0 Å². The van der Waals surface area contributed by atoms with E-state index in [4.69, 9.17) is 10.5 Å². The van der Waals surface area contributed by atoms with Crippen LogP contribution < -0.4 is 15.4 Å². The summed E-state index contributed by atoms with van der Waals surface area (Å²) in [4.78, 5) is 2.19. The molecule has 0 atom stereocenters. The average molecular weight is 304 g/mol. The molecule has 3 aromatic carbocycles. The van der Waals surface area contributed by atoms with E-state index in [2.05, 4.69) is 29.2 Å². The fraction of sp³-hybridized carbons (Fsp3) is 0.100. The number of nitrogens with two attached hydrogens (primary N) is 1. The molecular weight excluding hydrogens is 284 g/mol. The van der Waals surface area contributed by atoms with E-state index in [1.54, 1.807) is 0 Å². The van der Waals surface area contributed by atoms with Gasteiger partial charge in [0, 0.05) is 22.7 Å². The van der Waals surface area contributed by atoms with Crippen LogP contribution in [0.25, 0.3) is 0 Å². The molecule has 0 saturated carbocycles. The molecule has 3 aromatic rings. The van der Waals surface area contributed by atoms with Crippen molar-refractivity contribution in [1.82, 2.24) is 0 Å². The highest BCUT2D eigenvalue weighted by Gasteiger charge is 2.11. The van der Waals surface area contributed by atoms with Crippen molar-refractivity contribution in [2.24, 2.45) is 0 Å². The van der Waals surface area contributed by atoms with Crippen LogP contribution in [0.15, 0.2) is 78.9 Å². The summed E-state index contributed by atoms with van der Waals surface area (Å²) >= 11 is 0. The van der Waals surface area contributed by atoms with Gasteiger partial charge >= 0.3 is 0 Å². The van der Waals surface area contributed by atoms with Crippen molar-refractivity contribution in [3.63, 3.8) is 0 Å². The highest BCUT2D eigenvalue weighted by molar-refractivity contribution is 5.77. The summed E-state index contributed by atoms with van der Waals surface area (Å²) in [5.74, 6) is 0.876. The lowest BCUT2D eigenvalue weighted by Crippen LogP contribution is -2.09. The summed E-state index contributed by atoms with van der Waals surface area (Å²) in [6.07, 6.45) is 0. The highest BCUT2D eigenvalue weighted by Crippen LogP contribution is 2.35. The van der Waals surface area contributed by atoms with Gasteiger partial charge in [0.1, 0.15) is 5.75 Å². The molecule has 0 bridgehead atoms. The highest BCUT2D eigenvalue weighted by atomic mass is 16.5. The molecule has 3 heteroatoms. The van der Waals surface area contributed by atoms with E-state index in [0.717, 1.165) is 28.5 Å². The average Bonchev–Trinajstić information content (AvgIpc) is 2.60. The Morgan fingerprint density at radius 3 is 1.83 bits per heavy atom. The van der Waals surface area contributed by atoms with Gasteiger partial charge in [0.15, 0.2) is 0 Å². The second-order valence-electron chi connectivity index (χ2n) is 5.19. The summed E-state index contributed by atoms with van der Waals surface area (Å²) in [6.45, 7) is 2.65. The smallest absolute Gasteiger partial charge is 0.119 e. The molecule has 0 spiro atoms. The van der Waals surface area contributed by atoms with Gasteiger partial charge in [-0.05, 0) is 67.6 Å². The van der Waals surface area contributed by atoms with Gasteiger partial charge in [-0.3, -0.25) is 0 Å². The summed E-state index contributed by atoms with van der Waals surface area (Å²) in [6, 6.07) is 26.3. The molecule has 2 N–H and O–H groups in total. The molecule has 116 valence electrons. The Bertz CT molecular complexity index is 737. The lowest BCUT2D eigenvalue weighted by molar-refractivity contribution is 0.340. The molecular formula is C20H20N2O. The third-order valence-electron chi connectivity index (χ3n) is 3.57. The van der Waals surface area contributed by atoms with Gasteiger partial charge in [-0.1, -0.05) is 18.2 Å². The van der Waals surface area contributed by atoms with E-state index in [1.165, 1.54) is 0 Å². The molecule has 0 unspecified atom stereocenters. The van der Waals surface area contributed by atoms with Crippen LogP contribution >= 0.6 is 0 Å². The van der Waals surface area contributed by atoms with Crippen LogP contribution in [0.5, 0.6) is 5.75 Å². The molecule has 0 aromatic heterocycles. The van der Waals surface area contributed by atoms with Crippen LogP contribution in [0.2, 0.25) is 0 Å². The number of para-hydroxylation sites is 1. The molecule has 0 aliphatic rings. The van der Waals surface area contributed by atoms with Crippen LogP contribution in [0.4, 0.5) is 22.7 Å². The maximum absolute atomic E-state index is 5.82. The SMILES string of the molecule is CCOc1ccc(N(c2ccccc2)c2ccc(N)cc2)cc1. The molecule has 0 heterocycles. The number of rotatable bonds is 5. The van der Waals surface area contributed by atoms with Crippen molar-refractivity contribution in [3.8, 4) is 5.75 Å². The minimum absolute atomic E-state index is 0.666. The lowest BCUT2D eigenvalue weighted by Gasteiger charge is -2.25. The number of benzene rings is 3. The summed E-state index contributed by atoms with van der Waals surface area (Å²) in [5, 5.41) is 0. The first-order valence-corrected chi connectivity index (χ1v) is 7.71. The van der Waals surface area contributed by atoms with Gasteiger partial charge in [0.2, 0.25) is 0 Å². The molecule has 0 radical (unpaired) electrons. The van der Waals surface area contributed by atoms with Crippen molar-refractivity contribution in [2.45, 2.75) is 6.92 Å². The van der Waals surface area contributed by atoms with E-state index in [1.807, 2.05) is 61.5 Å². The van der Waals surface area contributed by atoms with Crippen LogP contribution in [-0.2, 0) is 0 Å². The molecule has 23 heavy (non-hydrogen) atoms. The first-order chi connectivity index (χ1) is 11.3. The summed E-state index contributed by atoms with van der Waals surface area (Å²) in [5.41, 5.74) is 9.82. The van der Waals surface area contributed by atoms with Crippen LogP contribution in [-0.4, -0.2) is 6.61 Å². The molecule has 0 amide bonds. The quantitative estimate of drug-likeness (QED) is 0.663. The number of anilines is 4. The van der Waals surface area contributed by atoms with Crippen LogP contribution in [0.1, 0.15) is 6.92 Å². The zero-order chi connectivity index (χ0) is 16.1. The Labute approximate surface area is 136 Å². The van der Waals surface area contributed by atoms with Gasteiger partial charge in [-0.15, -0.1) is 0 Å². The van der Waals surface area contributed by atoms with Gasteiger partial charge in [-0.25, -0.2) is 0 Å². The third kappa shape index (κ3) is 3.46. The molecule has 3 rings (SSSR count). The van der Waals surface area contributed by atoms with Crippen LogP contribution in [0.3, 0.4) is 0 Å². The minimum atomic E-state index is 0.666. The monoisotopic (exact) mass is 304 g/mol. The van der Waals surface area contributed by atoms with Crippen molar-refractivity contribution >= 4 is 22.7 Å². The van der Waals surface area contributed by atoms with Crippen molar-refractivity contribution < 1.29 is 4.74 Å². The van der Waals surface area contributed by atoms with Crippen molar-refractivity contribution in [2.75, 3.05) is 17.2 Å². The van der Waals surface area contributed by atoms with Crippen molar-refractivity contribution in [1.29, 1.82) is 0 Å². The molecule has 3 nitrogen and oxygen atoms in total. The standard InChI is InChI=1S/C20H20N2O/c1-2-23-20-14-12-19(13-15-20)22(17-6-4-3-5-7-17)18-10-8-16(21)9-11-18/h3-15H,2,21H2,1H3. The number of hydrogen-bond donors (Lipinski definition) is 1. The summed E-state index contributed by atoms with van der Waals surface area (Å²) in [7, 11) is 0. The van der Waals surface area contributed by atoms with E-state index in [-0.39, 0.29) is 0 Å². The van der Waals surface area contributed by atoms with Crippen molar-refractivity contribution in [3.05, 3.63) is 78.9 Å². The Balaban J connectivity index is 2.03. The first kappa shape index (κ1) is 15.0. The Kier molecular flexibility index (Phi) is 4.48. The predicted molar refractivity (Wildman–Crippen MR) is 96.7 cm³/mol. The van der Waals surface area contributed by atoms with E-state index in [0.29, 0.717) is 6.61 Å². The van der Waals surface area contributed by atoms with Gasteiger partial charge in [0.05, 0.1) is 6.61 Å². The zero-order valence-corrected chi connectivity index (χ0v) is 13.1. The Morgan fingerprint density at radius 2 is 1.26 bits per heavy atom. The third-order valence-corrected chi connectivity index (χ3v) is 3.57. The molecule has 0 fully saturated rings. The minimum Gasteiger partial charge on any atom is -0.494 e. The zero-order valence-electron chi connectivity index (χ0n) is 13.1. The maximum atomic E-state index is 5.82. The largest absolute Gasteiger partial charge is 0.494 e. The first-order valence-electron chi connectivity index (χ1n) is 7.71. The fourth-order valence-electron chi connectivity index (χ4n) is 2.51. The second kappa shape index (κ2) is 6.88. The van der Waals surface area contributed by atoms with Crippen LogP contribution in [0, 0.1) is 0 Å². The maximum Gasteiger partial charge on any atom is 0.119 e. The number of nitrogens with zero attached hydrogens (tertiary/aromatic N) is 1. The van der Waals surface area contributed by atoms with Gasteiger partial charge < -0.3 is 15.4 Å². The number of nitrogen functional groups attached to an aromatic ring is 1. The van der Waals surface area contributed by atoms with E-state index in [9.17, 15) is 0 Å². The number of hydrogen-bond acceptors (Lipinski definition) is 3. The van der Waals surface area contributed by atoms with Gasteiger partial charge in [0.25, 0.3) is 0 Å². The summed E-state index contributed by atoms with van der Waals surface area (Å²) < 4.78 is 5.53. The molecule has 0 aliphatic heterocycles. The predicted octanol–water partition coefficient (Wildman–Crippen LogP) is 5.14. The fourth-order valence-corrected chi connectivity index (χ4v) is 2.51. The number of ether oxygens (including phenoxy) is 1. The molecule has 0 saturated heterocycles. The molecule has 0 aliphatic carbocycles. The van der Waals surface area contributed by atoms with E-state index < -0.39 is 0 Å². The Morgan fingerprint density at radius 1 is 0.739 bits per heavy atom. The normalized spacial score (nSPS) is 10.3. The topological polar surface area (TPSA) is 38.5 Å². The Hall–Kier alpha value is -2.94. The second-order valence-corrected chi connectivity index (χ2v) is 5.19.